The largest absolute Gasteiger partial charge is 0.481 e. The first-order valence-corrected chi connectivity index (χ1v) is 7.20. The highest BCUT2D eigenvalue weighted by Gasteiger charge is 2.36. The maximum absolute atomic E-state index is 12.3. The highest BCUT2D eigenvalue weighted by Crippen LogP contribution is 2.21. The molecule has 7 heteroatoms. The summed E-state index contributed by atoms with van der Waals surface area (Å²) in [5.74, 6) is -0.919. The Bertz CT molecular complexity index is 384. The van der Waals surface area contributed by atoms with Crippen LogP contribution in [0.3, 0.4) is 0 Å². The van der Waals surface area contributed by atoms with Gasteiger partial charge in [0.25, 0.3) is 0 Å². The van der Waals surface area contributed by atoms with Gasteiger partial charge in [-0.2, -0.15) is 0 Å². The van der Waals surface area contributed by atoms with Crippen LogP contribution < -0.4 is 5.32 Å². The smallest absolute Gasteiger partial charge is 0.317 e. The number of hydrogen-bond acceptors (Lipinski definition) is 4. The molecule has 1 rings (SSSR count). The fraction of sp³-hybridized carbons (Fsp3) is 0.857. The number of morpholine rings is 1. The number of urea groups is 1. The number of aliphatic hydroxyl groups is 1. The van der Waals surface area contributed by atoms with E-state index in [0.29, 0.717) is 13.1 Å². The van der Waals surface area contributed by atoms with Gasteiger partial charge < -0.3 is 25.2 Å². The molecule has 3 N–H and O–H groups in total. The number of carboxylic acid groups (broad SMARTS) is 1. The quantitative estimate of drug-likeness (QED) is 0.693. The van der Waals surface area contributed by atoms with E-state index in [0.717, 1.165) is 0 Å². The fourth-order valence-electron chi connectivity index (χ4n) is 2.44. The van der Waals surface area contributed by atoms with Crippen molar-refractivity contribution in [3.63, 3.8) is 0 Å². The number of rotatable bonds is 5. The van der Waals surface area contributed by atoms with Crippen LogP contribution in [-0.2, 0) is 9.53 Å². The van der Waals surface area contributed by atoms with Crippen molar-refractivity contribution in [1.82, 2.24) is 10.2 Å². The highest BCUT2D eigenvalue weighted by atomic mass is 16.5. The zero-order chi connectivity index (χ0) is 16.2. The molecule has 2 amide bonds. The molecule has 1 aliphatic rings. The van der Waals surface area contributed by atoms with Crippen LogP contribution in [0.5, 0.6) is 0 Å². The Morgan fingerprint density at radius 2 is 2.05 bits per heavy atom. The third kappa shape index (κ3) is 5.51. The van der Waals surface area contributed by atoms with Gasteiger partial charge in [0.15, 0.2) is 0 Å². The van der Waals surface area contributed by atoms with Crippen molar-refractivity contribution in [3.8, 4) is 0 Å². The van der Waals surface area contributed by atoms with E-state index < -0.39 is 23.7 Å². The van der Waals surface area contributed by atoms with E-state index >= 15 is 0 Å². The Balaban J connectivity index is 2.70. The number of aliphatic carboxylic acids is 1. The molecule has 0 radical (unpaired) electrons. The first-order valence-electron chi connectivity index (χ1n) is 7.20. The van der Waals surface area contributed by atoms with Gasteiger partial charge in [-0.05, 0) is 19.8 Å². The molecule has 0 aromatic heterocycles. The first kappa shape index (κ1) is 17.7. The summed E-state index contributed by atoms with van der Waals surface area (Å²) in [6.45, 7) is 7.98. The van der Waals surface area contributed by atoms with E-state index in [-0.39, 0.29) is 25.0 Å². The van der Waals surface area contributed by atoms with Crippen molar-refractivity contribution in [2.24, 2.45) is 5.92 Å². The lowest BCUT2D eigenvalue weighted by molar-refractivity contribution is -0.139. The summed E-state index contributed by atoms with van der Waals surface area (Å²) in [7, 11) is 0. The average Bonchev–Trinajstić information content (AvgIpc) is 2.35. The maximum atomic E-state index is 12.3. The van der Waals surface area contributed by atoms with Crippen molar-refractivity contribution in [1.29, 1.82) is 0 Å². The van der Waals surface area contributed by atoms with Gasteiger partial charge in [0.2, 0.25) is 0 Å². The summed E-state index contributed by atoms with van der Waals surface area (Å²) in [6, 6.07) is -0.738. The number of carbonyl (C=O) groups excluding carboxylic acids is 1. The Morgan fingerprint density at radius 1 is 1.43 bits per heavy atom. The Morgan fingerprint density at radius 3 is 2.52 bits per heavy atom. The molecular formula is C14H26N2O5. The predicted molar refractivity (Wildman–Crippen MR) is 77.0 cm³/mol. The minimum absolute atomic E-state index is 0.0211. The van der Waals surface area contributed by atoms with Crippen LogP contribution in [0.4, 0.5) is 4.79 Å². The molecular weight excluding hydrogens is 276 g/mol. The van der Waals surface area contributed by atoms with Crippen molar-refractivity contribution >= 4 is 12.0 Å². The normalized spacial score (nSPS) is 23.0. The maximum Gasteiger partial charge on any atom is 0.317 e. The number of carboxylic acids is 1. The second-order valence-electron chi connectivity index (χ2n) is 6.46. The van der Waals surface area contributed by atoms with Gasteiger partial charge >= 0.3 is 12.0 Å². The number of nitrogens with zero attached hydrogens (tertiary/aromatic N) is 1. The Kier molecular flexibility index (Phi) is 5.98. The summed E-state index contributed by atoms with van der Waals surface area (Å²) in [4.78, 5) is 24.8. The van der Waals surface area contributed by atoms with Crippen molar-refractivity contribution in [3.05, 3.63) is 0 Å². The molecule has 1 fully saturated rings. The molecule has 122 valence electrons. The zero-order valence-electron chi connectivity index (χ0n) is 13.1. The van der Waals surface area contributed by atoms with E-state index in [1.54, 1.807) is 4.90 Å². The van der Waals surface area contributed by atoms with Gasteiger partial charge in [-0.3, -0.25) is 4.79 Å². The lowest BCUT2D eigenvalue weighted by Gasteiger charge is -2.42. The second-order valence-corrected chi connectivity index (χ2v) is 6.46. The molecule has 0 aromatic carbocycles. The summed E-state index contributed by atoms with van der Waals surface area (Å²) in [6.07, 6.45) is -0.530. The number of aliphatic hydroxyl groups excluding tert-OH is 1. The Hall–Kier alpha value is -1.34. The SMILES string of the molecule is CC(C)C(CC(=O)O)NC(=O)N1CC(CO)OC(C)(C)C1. The molecule has 1 heterocycles. The van der Waals surface area contributed by atoms with Gasteiger partial charge in [-0.1, -0.05) is 13.8 Å². The minimum Gasteiger partial charge on any atom is -0.481 e. The van der Waals surface area contributed by atoms with Gasteiger partial charge in [0, 0.05) is 6.04 Å². The molecule has 7 nitrogen and oxygen atoms in total. The van der Waals surface area contributed by atoms with Crippen molar-refractivity contribution in [2.75, 3.05) is 19.7 Å². The molecule has 1 aliphatic heterocycles. The van der Waals surface area contributed by atoms with E-state index in [9.17, 15) is 14.7 Å². The summed E-state index contributed by atoms with van der Waals surface area (Å²) >= 11 is 0. The first-order chi connectivity index (χ1) is 9.64. The molecule has 0 aromatic rings. The molecule has 0 saturated carbocycles. The molecule has 0 aliphatic carbocycles. The zero-order valence-corrected chi connectivity index (χ0v) is 13.1. The van der Waals surface area contributed by atoms with Crippen LogP contribution in [0.15, 0.2) is 0 Å². The second kappa shape index (κ2) is 7.09. The standard InChI is InChI=1S/C14H26N2O5/c1-9(2)11(5-12(18)19)15-13(20)16-6-10(7-17)21-14(3,4)8-16/h9-11,17H,5-8H2,1-4H3,(H,15,20)(H,18,19). The third-order valence-corrected chi connectivity index (χ3v) is 3.48. The summed E-state index contributed by atoms with van der Waals surface area (Å²) in [5, 5.41) is 20.9. The summed E-state index contributed by atoms with van der Waals surface area (Å²) < 4.78 is 5.65. The highest BCUT2D eigenvalue weighted by molar-refractivity contribution is 5.76. The lowest BCUT2D eigenvalue weighted by atomic mass is 10.0. The van der Waals surface area contributed by atoms with Crippen LogP contribution in [0.1, 0.15) is 34.1 Å². The van der Waals surface area contributed by atoms with E-state index in [2.05, 4.69) is 5.32 Å². The average molecular weight is 302 g/mol. The van der Waals surface area contributed by atoms with Crippen LogP contribution in [-0.4, -0.2) is 64.6 Å². The van der Waals surface area contributed by atoms with E-state index in [1.807, 2.05) is 27.7 Å². The molecule has 1 saturated heterocycles. The van der Waals surface area contributed by atoms with Gasteiger partial charge in [-0.25, -0.2) is 4.79 Å². The van der Waals surface area contributed by atoms with E-state index in [1.165, 1.54) is 0 Å². The number of hydrogen-bond donors (Lipinski definition) is 3. The predicted octanol–water partition coefficient (Wildman–Crippen LogP) is 0.667. The number of amides is 2. The minimum atomic E-state index is -0.940. The monoisotopic (exact) mass is 302 g/mol. The molecule has 0 spiro atoms. The molecule has 2 atom stereocenters. The van der Waals surface area contributed by atoms with Crippen molar-refractivity contribution < 1.29 is 24.5 Å². The fourth-order valence-corrected chi connectivity index (χ4v) is 2.44. The lowest BCUT2D eigenvalue weighted by Crippen LogP contribution is -2.59. The van der Waals surface area contributed by atoms with Crippen LogP contribution in [0.2, 0.25) is 0 Å². The topological polar surface area (TPSA) is 99.1 Å². The van der Waals surface area contributed by atoms with Crippen LogP contribution >= 0.6 is 0 Å². The van der Waals surface area contributed by atoms with Crippen LogP contribution in [0.25, 0.3) is 0 Å². The number of nitrogens with one attached hydrogen (secondary N) is 1. The third-order valence-electron chi connectivity index (χ3n) is 3.48. The number of ether oxygens (including phenoxy) is 1. The van der Waals surface area contributed by atoms with Gasteiger partial charge in [-0.15, -0.1) is 0 Å². The molecule has 0 bridgehead atoms. The Labute approximate surface area is 125 Å². The summed E-state index contributed by atoms with van der Waals surface area (Å²) in [5.41, 5.74) is -0.539. The van der Waals surface area contributed by atoms with Gasteiger partial charge in [0.05, 0.1) is 37.8 Å². The van der Waals surface area contributed by atoms with Gasteiger partial charge in [0.1, 0.15) is 0 Å². The molecule has 21 heavy (non-hydrogen) atoms. The van der Waals surface area contributed by atoms with Crippen LogP contribution in [0, 0.1) is 5.92 Å². The number of carbonyl (C=O) groups is 2. The molecule has 2 unspecified atom stereocenters. The van der Waals surface area contributed by atoms with E-state index in [4.69, 9.17) is 9.84 Å². The van der Waals surface area contributed by atoms with Crippen molar-refractivity contribution in [2.45, 2.75) is 51.9 Å².